The summed E-state index contributed by atoms with van der Waals surface area (Å²) in [5.41, 5.74) is 0.842. The van der Waals surface area contributed by atoms with Crippen molar-refractivity contribution in [2.45, 2.75) is 24.7 Å². The molecule has 3 rings (SSSR count). The normalized spacial score (nSPS) is 23.9. The zero-order valence-corrected chi connectivity index (χ0v) is 12.5. The lowest BCUT2D eigenvalue weighted by molar-refractivity contribution is -0.133. The van der Waals surface area contributed by atoms with Crippen LogP contribution < -0.4 is 0 Å². The molecule has 2 fully saturated rings. The second kappa shape index (κ2) is 5.38. The molecule has 3 nitrogen and oxygen atoms in total. The molecule has 1 amide bonds. The molecule has 108 valence electrons. The topological polar surface area (TPSA) is 29.5 Å². The Morgan fingerprint density at radius 3 is 2.70 bits per heavy atom. The van der Waals surface area contributed by atoms with E-state index in [0.29, 0.717) is 11.8 Å². The number of hydrogen-bond acceptors (Lipinski definition) is 2. The quantitative estimate of drug-likeness (QED) is 0.854. The molecular weight excluding hydrogens is 274 g/mol. The minimum Gasteiger partial charge on any atom is -0.384 e. The number of carbonyl (C=O) groups is 1. The number of ether oxygens (including phenoxy) is 1. The summed E-state index contributed by atoms with van der Waals surface area (Å²) >= 11 is 5.93. The van der Waals surface area contributed by atoms with Crippen molar-refractivity contribution >= 4 is 17.5 Å². The molecule has 0 radical (unpaired) electrons. The van der Waals surface area contributed by atoms with Crippen molar-refractivity contribution in [2.24, 2.45) is 5.92 Å². The molecule has 1 aliphatic carbocycles. The van der Waals surface area contributed by atoms with Gasteiger partial charge in [-0.15, -0.1) is 0 Å². The lowest BCUT2D eigenvalue weighted by Crippen LogP contribution is -2.38. The molecule has 0 bridgehead atoms. The summed E-state index contributed by atoms with van der Waals surface area (Å²) in [4.78, 5) is 14.8. The van der Waals surface area contributed by atoms with Gasteiger partial charge in [0.2, 0.25) is 5.91 Å². The Kier molecular flexibility index (Phi) is 3.74. The number of hydrogen-bond donors (Lipinski definition) is 0. The molecule has 0 N–H and O–H groups in total. The lowest BCUT2D eigenvalue weighted by Gasteiger charge is -2.23. The highest BCUT2D eigenvalue weighted by molar-refractivity contribution is 6.30. The monoisotopic (exact) mass is 293 g/mol. The maximum atomic E-state index is 12.8. The zero-order chi connectivity index (χ0) is 14.2. The van der Waals surface area contributed by atoms with Crippen molar-refractivity contribution in [3.8, 4) is 0 Å². The maximum absolute atomic E-state index is 12.8. The number of rotatable bonds is 4. The van der Waals surface area contributed by atoms with Crippen molar-refractivity contribution in [3.63, 3.8) is 0 Å². The molecule has 0 aromatic heterocycles. The van der Waals surface area contributed by atoms with Crippen molar-refractivity contribution < 1.29 is 9.53 Å². The summed E-state index contributed by atoms with van der Waals surface area (Å²) in [6, 6.07) is 7.75. The number of methoxy groups -OCH3 is 1. The first-order valence-corrected chi connectivity index (χ1v) is 7.58. The number of nitrogens with zero attached hydrogens (tertiary/aromatic N) is 1. The molecule has 2 aliphatic rings. The maximum Gasteiger partial charge on any atom is 0.233 e. The number of benzene rings is 1. The Balaban J connectivity index is 1.72. The fraction of sp³-hybridized carbons (Fsp3) is 0.562. The Morgan fingerprint density at radius 2 is 2.10 bits per heavy atom. The van der Waals surface area contributed by atoms with Crippen molar-refractivity contribution in [1.82, 2.24) is 4.90 Å². The van der Waals surface area contributed by atoms with Gasteiger partial charge in [-0.1, -0.05) is 23.7 Å². The van der Waals surface area contributed by atoms with Gasteiger partial charge >= 0.3 is 0 Å². The van der Waals surface area contributed by atoms with Crippen molar-refractivity contribution in [2.75, 3.05) is 26.8 Å². The minimum absolute atomic E-state index is 0.271. The third-order valence-corrected chi connectivity index (χ3v) is 4.78. The van der Waals surface area contributed by atoms with Gasteiger partial charge in [0.1, 0.15) is 0 Å². The first kappa shape index (κ1) is 13.9. The van der Waals surface area contributed by atoms with Crippen LogP contribution in [0, 0.1) is 5.92 Å². The van der Waals surface area contributed by atoms with Crippen LogP contribution in [0.1, 0.15) is 24.8 Å². The Hall–Kier alpha value is -1.06. The van der Waals surface area contributed by atoms with E-state index in [9.17, 15) is 4.79 Å². The molecule has 1 atom stereocenters. The van der Waals surface area contributed by atoms with Crippen LogP contribution in [0.5, 0.6) is 0 Å². The van der Waals surface area contributed by atoms with E-state index in [-0.39, 0.29) is 5.41 Å². The van der Waals surface area contributed by atoms with Gasteiger partial charge in [0.25, 0.3) is 0 Å². The predicted molar refractivity (Wildman–Crippen MR) is 78.9 cm³/mol. The zero-order valence-electron chi connectivity index (χ0n) is 11.8. The van der Waals surface area contributed by atoms with Crippen LogP contribution >= 0.6 is 11.6 Å². The van der Waals surface area contributed by atoms with Crippen LogP contribution in [0.3, 0.4) is 0 Å². The number of carbonyl (C=O) groups excluding carboxylic acids is 1. The summed E-state index contributed by atoms with van der Waals surface area (Å²) in [6.07, 6.45) is 2.97. The smallest absolute Gasteiger partial charge is 0.233 e. The largest absolute Gasteiger partial charge is 0.384 e. The van der Waals surface area contributed by atoms with Crippen LogP contribution in [-0.2, 0) is 14.9 Å². The molecule has 4 heteroatoms. The van der Waals surface area contributed by atoms with Crippen LogP contribution in [0.2, 0.25) is 5.02 Å². The molecule has 1 aromatic rings. The Bertz CT molecular complexity index is 496. The Labute approximate surface area is 124 Å². The third-order valence-electron chi connectivity index (χ3n) is 4.53. The van der Waals surface area contributed by atoms with Gasteiger partial charge in [-0.3, -0.25) is 4.79 Å². The summed E-state index contributed by atoms with van der Waals surface area (Å²) in [6.45, 7) is 2.45. The molecule has 1 aromatic carbocycles. The first-order valence-electron chi connectivity index (χ1n) is 7.20. The molecule has 0 unspecified atom stereocenters. The van der Waals surface area contributed by atoms with E-state index in [0.717, 1.165) is 49.5 Å². The van der Waals surface area contributed by atoms with E-state index in [4.69, 9.17) is 16.3 Å². The van der Waals surface area contributed by atoms with Gasteiger partial charge in [0.05, 0.1) is 12.0 Å². The highest BCUT2D eigenvalue weighted by atomic mass is 35.5. The number of amides is 1. The average molecular weight is 294 g/mol. The fourth-order valence-corrected chi connectivity index (χ4v) is 3.34. The van der Waals surface area contributed by atoms with Gasteiger partial charge in [-0.25, -0.2) is 0 Å². The van der Waals surface area contributed by atoms with E-state index in [2.05, 4.69) is 0 Å². The molecule has 0 spiro atoms. The average Bonchev–Trinajstić information content (AvgIpc) is 3.13. The minimum atomic E-state index is -0.271. The standard InChI is InChI=1S/C16H20ClNO2/c1-20-11-12-6-9-18(10-12)15(19)16(7-8-16)13-2-4-14(17)5-3-13/h2-5,12H,6-11H2,1H3/t12-/m0/s1. The summed E-state index contributed by atoms with van der Waals surface area (Å²) < 4.78 is 5.20. The van der Waals surface area contributed by atoms with E-state index in [1.165, 1.54) is 0 Å². The van der Waals surface area contributed by atoms with Gasteiger partial charge in [-0.2, -0.15) is 0 Å². The molecule has 1 saturated heterocycles. The fourth-order valence-electron chi connectivity index (χ4n) is 3.21. The van der Waals surface area contributed by atoms with E-state index >= 15 is 0 Å². The van der Waals surface area contributed by atoms with Gasteiger partial charge < -0.3 is 9.64 Å². The van der Waals surface area contributed by atoms with Crippen molar-refractivity contribution in [1.29, 1.82) is 0 Å². The Morgan fingerprint density at radius 1 is 1.40 bits per heavy atom. The third kappa shape index (κ3) is 2.45. The van der Waals surface area contributed by atoms with Gasteiger partial charge in [0, 0.05) is 31.1 Å². The van der Waals surface area contributed by atoms with E-state index in [1.54, 1.807) is 7.11 Å². The van der Waals surface area contributed by atoms with Crippen LogP contribution in [0.4, 0.5) is 0 Å². The lowest BCUT2D eigenvalue weighted by atomic mass is 9.94. The van der Waals surface area contributed by atoms with E-state index < -0.39 is 0 Å². The molecular formula is C16H20ClNO2. The van der Waals surface area contributed by atoms with Gasteiger partial charge in [-0.05, 0) is 37.0 Å². The SMILES string of the molecule is COC[C@H]1CCN(C(=O)C2(c3ccc(Cl)cc3)CC2)C1. The molecule has 1 saturated carbocycles. The predicted octanol–water partition coefficient (Wildman–Crippen LogP) is 2.87. The summed E-state index contributed by atoms with van der Waals surface area (Å²) in [5, 5.41) is 0.721. The van der Waals surface area contributed by atoms with Crippen LogP contribution in [-0.4, -0.2) is 37.6 Å². The molecule has 20 heavy (non-hydrogen) atoms. The van der Waals surface area contributed by atoms with Gasteiger partial charge in [0.15, 0.2) is 0 Å². The first-order chi connectivity index (χ1) is 9.65. The van der Waals surface area contributed by atoms with E-state index in [1.807, 2.05) is 29.2 Å². The highest BCUT2D eigenvalue weighted by Crippen LogP contribution is 2.50. The number of likely N-dealkylation sites (tertiary alicyclic amines) is 1. The molecule has 1 aliphatic heterocycles. The summed E-state index contributed by atoms with van der Waals surface area (Å²) in [7, 11) is 1.72. The summed E-state index contributed by atoms with van der Waals surface area (Å²) in [5.74, 6) is 0.781. The molecule has 1 heterocycles. The highest BCUT2D eigenvalue weighted by Gasteiger charge is 2.53. The second-order valence-electron chi connectivity index (χ2n) is 5.95. The van der Waals surface area contributed by atoms with Crippen LogP contribution in [0.15, 0.2) is 24.3 Å². The van der Waals surface area contributed by atoms with Crippen molar-refractivity contribution in [3.05, 3.63) is 34.9 Å². The second-order valence-corrected chi connectivity index (χ2v) is 6.39. The number of halogens is 1. The van der Waals surface area contributed by atoms with Crippen LogP contribution in [0.25, 0.3) is 0 Å².